The van der Waals surface area contributed by atoms with E-state index in [4.69, 9.17) is 4.74 Å². The molecule has 2 aliphatic heterocycles. The largest absolute Gasteiger partial charge is 0.497 e. The number of anilines is 2. The number of nitrogens with one attached hydrogen (secondary N) is 1. The Balaban J connectivity index is 1.69. The van der Waals surface area contributed by atoms with E-state index in [1.165, 1.54) is 6.07 Å². The van der Waals surface area contributed by atoms with Crippen molar-refractivity contribution in [3.63, 3.8) is 0 Å². The lowest BCUT2D eigenvalue weighted by Crippen LogP contribution is -2.61. The number of amides is 1. The number of piperazine rings is 1. The van der Waals surface area contributed by atoms with Crippen LogP contribution in [0.5, 0.6) is 5.75 Å². The summed E-state index contributed by atoms with van der Waals surface area (Å²) < 4.78 is 19.8. The molecule has 1 fully saturated rings. The second-order valence-corrected chi connectivity index (χ2v) is 8.13. The van der Waals surface area contributed by atoms with E-state index in [-0.39, 0.29) is 29.7 Å². The summed E-state index contributed by atoms with van der Waals surface area (Å²) in [7, 11) is 1.66. The van der Waals surface area contributed by atoms with Gasteiger partial charge in [-0.3, -0.25) is 4.79 Å². The fourth-order valence-corrected chi connectivity index (χ4v) is 4.52. The van der Waals surface area contributed by atoms with Gasteiger partial charge in [-0.25, -0.2) is 4.39 Å². The van der Waals surface area contributed by atoms with Crippen LogP contribution in [-0.4, -0.2) is 44.7 Å². The fourth-order valence-electron chi connectivity index (χ4n) is 4.52. The highest BCUT2D eigenvalue weighted by molar-refractivity contribution is 5.82. The predicted octanol–water partition coefficient (Wildman–Crippen LogP) is 3.23. The van der Waals surface area contributed by atoms with Crippen molar-refractivity contribution in [2.24, 2.45) is 5.92 Å². The molecular formula is C23H28FN3O2. The van der Waals surface area contributed by atoms with Gasteiger partial charge in [0.1, 0.15) is 11.6 Å². The first-order valence-electron chi connectivity index (χ1n) is 10.2. The van der Waals surface area contributed by atoms with Crippen LogP contribution in [0.4, 0.5) is 15.8 Å². The lowest BCUT2D eigenvalue weighted by molar-refractivity contribution is -0.126. The lowest BCUT2D eigenvalue weighted by atomic mass is 9.83. The van der Waals surface area contributed by atoms with Crippen LogP contribution in [0.2, 0.25) is 0 Å². The number of para-hydroxylation sites is 1. The molecule has 29 heavy (non-hydrogen) atoms. The van der Waals surface area contributed by atoms with E-state index >= 15 is 0 Å². The normalized spacial score (nSPS) is 20.9. The van der Waals surface area contributed by atoms with Crippen LogP contribution in [0.25, 0.3) is 0 Å². The molecule has 0 saturated carbocycles. The first-order valence-corrected chi connectivity index (χ1v) is 10.2. The minimum Gasteiger partial charge on any atom is -0.497 e. The van der Waals surface area contributed by atoms with Gasteiger partial charge in [-0.2, -0.15) is 0 Å². The molecule has 0 radical (unpaired) electrons. The van der Waals surface area contributed by atoms with Crippen LogP contribution >= 0.6 is 0 Å². The van der Waals surface area contributed by atoms with Crippen molar-refractivity contribution in [2.75, 3.05) is 36.5 Å². The molecule has 6 heteroatoms. The number of halogens is 1. The van der Waals surface area contributed by atoms with E-state index in [0.717, 1.165) is 23.5 Å². The number of benzene rings is 2. The molecule has 0 bridgehead atoms. The zero-order chi connectivity index (χ0) is 20.5. The van der Waals surface area contributed by atoms with E-state index in [0.29, 0.717) is 25.2 Å². The third-order valence-corrected chi connectivity index (χ3v) is 5.89. The van der Waals surface area contributed by atoms with Crippen molar-refractivity contribution in [1.29, 1.82) is 0 Å². The molecular weight excluding hydrogens is 369 g/mol. The van der Waals surface area contributed by atoms with Gasteiger partial charge in [-0.15, -0.1) is 0 Å². The SMILES string of the molecule is COc1ccc2c(c1)N1CCN(c3ccccc3F)C[C@@H]1[C@H](C(=O)NC(C)C)C2. The second kappa shape index (κ2) is 7.93. The van der Waals surface area contributed by atoms with Crippen LogP contribution in [0.3, 0.4) is 0 Å². The maximum atomic E-state index is 14.4. The Morgan fingerprint density at radius 2 is 1.97 bits per heavy atom. The number of carbonyl (C=O) groups excluding carboxylic acids is 1. The molecule has 2 aromatic rings. The van der Waals surface area contributed by atoms with Gasteiger partial charge in [0, 0.05) is 37.4 Å². The van der Waals surface area contributed by atoms with Crippen molar-refractivity contribution < 1.29 is 13.9 Å². The van der Waals surface area contributed by atoms with Gasteiger partial charge in [-0.05, 0) is 44.0 Å². The molecule has 4 rings (SSSR count). The van der Waals surface area contributed by atoms with Crippen molar-refractivity contribution in [3.8, 4) is 5.75 Å². The number of ether oxygens (including phenoxy) is 1. The summed E-state index contributed by atoms with van der Waals surface area (Å²) in [4.78, 5) is 17.4. The van der Waals surface area contributed by atoms with E-state index in [1.807, 2.05) is 32.0 Å². The summed E-state index contributed by atoms with van der Waals surface area (Å²) in [5, 5.41) is 3.08. The zero-order valence-electron chi connectivity index (χ0n) is 17.2. The summed E-state index contributed by atoms with van der Waals surface area (Å²) in [6, 6.07) is 13.0. The highest BCUT2D eigenvalue weighted by Crippen LogP contribution is 2.39. The molecule has 0 aromatic heterocycles. The Kier molecular flexibility index (Phi) is 5.35. The smallest absolute Gasteiger partial charge is 0.225 e. The predicted molar refractivity (Wildman–Crippen MR) is 113 cm³/mol. The summed E-state index contributed by atoms with van der Waals surface area (Å²) in [5.41, 5.74) is 2.88. The van der Waals surface area contributed by atoms with E-state index < -0.39 is 0 Å². The van der Waals surface area contributed by atoms with E-state index in [2.05, 4.69) is 27.2 Å². The molecule has 154 valence electrons. The first kappa shape index (κ1) is 19.6. The van der Waals surface area contributed by atoms with Gasteiger partial charge < -0.3 is 19.9 Å². The molecule has 1 N–H and O–H groups in total. The Hall–Kier alpha value is -2.76. The molecule has 2 heterocycles. The number of carbonyl (C=O) groups is 1. The number of rotatable bonds is 4. The monoisotopic (exact) mass is 397 g/mol. The van der Waals surface area contributed by atoms with E-state index in [9.17, 15) is 9.18 Å². The van der Waals surface area contributed by atoms with Gasteiger partial charge in [0.25, 0.3) is 0 Å². The highest BCUT2D eigenvalue weighted by atomic mass is 19.1. The third kappa shape index (κ3) is 3.76. The molecule has 1 amide bonds. The minimum absolute atomic E-state index is 0.0262. The summed E-state index contributed by atoms with van der Waals surface area (Å²) in [5.74, 6) is 0.464. The molecule has 1 saturated heterocycles. The average Bonchev–Trinajstić information content (AvgIpc) is 2.72. The molecule has 2 atom stereocenters. The van der Waals surface area contributed by atoms with Crippen LogP contribution in [0.1, 0.15) is 19.4 Å². The first-order chi connectivity index (χ1) is 14.0. The van der Waals surface area contributed by atoms with Gasteiger partial charge in [0.05, 0.1) is 24.8 Å². The molecule has 2 aromatic carbocycles. The topological polar surface area (TPSA) is 44.8 Å². The van der Waals surface area contributed by atoms with Gasteiger partial charge in [0.2, 0.25) is 5.91 Å². The van der Waals surface area contributed by atoms with Crippen LogP contribution in [-0.2, 0) is 11.2 Å². The summed E-state index contributed by atoms with van der Waals surface area (Å²) in [6.45, 7) is 5.98. The molecule has 0 unspecified atom stereocenters. The molecule has 2 aliphatic rings. The Bertz CT molecular complexity index is 901. The Morgan fingerprint density at radius 3 is 2.69 bits per heavy atom. The van der Waals surface area contributed by atoms with Crippen molar-refractivity contribution >= 4 is 17.3 Å². The maximum Gasteiger partial charge on any atom is 0.225 e. The summed E-state index contributed by atoms with van der Waals surface area (Å²) >= 11 is 0. The Labute approximate surface area is 171 Å². The number of nitrogens with zero attached hydrogens (tertiary/aromatic N) is 2. The Morgan fingerprint density at radius 1 is 1.17 bits per heavy atom. The van der Waals surface area contributed by atoms with Crippen LogP contribution < -0.4 is 19.9 Å². The van der Waals surface area contributed by atoms with Gasteiger partial charge >= 0.3 is 0 Å². The number of hydrogen-bond donors (Lipinski definition) is 1. The van der Waals surface area contributed by atoms with Gasteiger partial charge in [-0.1, -0.05) is 18.2 Å². The number of hydrogen-bond acceptors (Lipinski definition) is 4. The van der Waals surface area contributed by atoms with Crippen molar-refractivity contribution in [1.82, 2.24) is 5.32 Å². The number of methoxy groups -OCH3 is 1. The van der Waals surface area contributed by atoms with E-state index in [1.54, 1.807) is 13.2 Å². The molecule has 0 aliphatic carbocycles. The van der Waals surface area contributed by atoms with Crippen molar-refractivity contribution in [2.45, 2.75) is 32.4 Å². The molecule has 0 spiro atoms. The van der Waals surface area contributed by atoms with Crippen LogP contribution in [0.15, 0.2) is 42.5 Å². The number of fused-ring (bicyclic) bond motifs is 3. The van der Waals surface area contributed by atoms with Crippen LogP contribution in [0, 0.1) is 11.7 Å². The lowest BCUT2D eigenvalue weighted by Gasteiger charge is -2.49. The summed E-state index contributed by atoms with van der Waals surface area (Å²) in [6.07, 6.45) is 0.671. The average molecular weight is 397 g/mol. The quantitative estimate of drug-likeness (QED) is 0.861. The molecule has 5 nitrogen and oxygen atoms in total. The standard InChI is InChI=1S/C23H28FN3O2/c1-15(2)25-23(28)18-12-16-8-9-17(29-3)13-21(16)27-11-10-26(14-22(18)27)20-7-5-4-6-19(20)24/h4-9,13,15,18,22H,10-12,14H2,1-3H3,(H,25,28)/t18-,22-/m1/s1. The highest BCUT2D eigenvalue weighted by Gasteiger charge is 2.42. The second-order valence-electron chi connectivity index (χ2n) is 8.13. The third-order valence-electron chi connectivity index (χ3n) is 5.89. The zero-order valence-corrected chi connectivity index (χ0v) is 17.2. The fraction of sp³-hybridized carbons (Fsp3) is 0.435. The minimum atomic E-state index is -0.220. The van der Waals surface area contributed by atoms with Gasteiger partial charge in [0.15, 0.2) is 0 Å². The van der Waals surface area contributed by atoms with Crippen molar-refractivity contribution in [3.05, 3.63) is 53.8 Å². The maximum absolute atomic E-state index is 14.4.